The van der Waals surface area contributed by atoms with E-state index in [0.29, 0.717) is 0 Å². The third-order valence-electron chi connectivity index (χ3n) is 4.26. The van der Waals surface area contributed by atoms with Crippen LogP contribution in [0.3, 0.4) is 0 Å². The highest BCUT2D eigenvalue weighted by molar-refractivity contribution is 5.20. The highest BCUT2D eigenvalue weighted by Crippen LogP contribution is 2.27. The zero-order valence-electron chi connectivity index (χ0n) is 12.1. The molecular formula is C15H25N3O. The van der Waals surface area contributed by atoms with Gasteiger partial charge in [-0.15, -0.1) is 0 Å². The van der Waals surface area contributed by atoms with Gasteiger partial charge in [0.25, 0.3) is 0 Å². The highest BCUT2D eigenvalue weighted by atomic mass is 16.3. The maximum Gasteiger partial charge on any atom is 0.120 e. The summed E-state index contributed by atoms with van der Waals surface area (Å²) >= 11 is 0. The molecule has 0 radical (unpaired) electrons. The van der Waals surface area contributed by atoms with Gasteiger partial charge in [0.2, 0.25) is 0 Å². The first-order valence-electron chi connectivity index (χ1n) is 7.45. The Bertz CT molecular complexity index is 417. The number of hydrogen-bond acceptors (Lipinski definition) is 4. The van der Waals surface area contributed by atoms with Gasteiger partial charge in [0.15, 0.2) is 0 Å². The van der Waals surface area contributed by atoms with E-state index in [1.54, 1.807) is 0 Å². The predicted octanol–water partition coefficient (Wildman–Crippen LogP) is 1.59. The van der Waals surface area contributed by atoms with E-state index in [0.717, 1.165) is 30.7 Å². The number of aryl methyl sites for hydroxylation is 1. The first kappa shape index (κ1) is 13.2. The fraction of sp³-hybridized carbons (Fsp3) is 0.733. The summed E-state index contributed by atoms with van der Waals surface area (Å²) in [5.41, 5.74) is 1.26. The number of piperazine rings is 1. The van der Waals surface area contributed by atoms with Gasteiger partial charge in [0, 0.05) is 32.2 Å². The smallest absolute Gasteiger partial charge is 0.120 e. The molecular weight excluding hydrogens is 238 g/mol. The molecule has 0 spiro atoms. The topological polar surface area (TPSA) is 31.7 Å². The van der Waals surface area contributed by atoms with E-state index < -0.39 is 0 Å². The lowest BCUT2D eigenvalue weighted by molar-refractivity contribution is 0.115. The molecule has 0 atom stereocenters. The Balaban J connectivity index is 1.52. The summed E-state index contributed by atoms with van der Waals surface area (Å²) in [7, 11) is 1.96. The molecule has 1 aliphatic carbocycles. The molecule has 0 bridgehead atoms. The van der Waals surface area contributed by atoms with Gasteiger partial charge < -0.3 is 9.73 Å². The van der Waals surface area contributed by atoms with Gasteiger partial charge in [0.05, 0.1) is 13.1 Å². The molecule has 3 rings (SSSR count). The largest absolute Gasteiger partial charge is 0.463 e. The van der Waals surface area contributed by atoms with Crippen molar-refractivity contribution in [3.63, 3.8) is 0 Å². The maximum absolute atomic E-state index is 5.93. The number of hydrogen-bond donors (Lipinski definition) is 1. The second kappa shape index (κ2) is 5.65. The first-order valence-corrected chi connectivity index (χ1v) is 7.45. The van der Waals surface area contributed by atoms with Crippen molar-refractivity contribution >= 4 is 0 Å². The van der Waals surface area contributed by atoms with Crippen LogP contribution in [0.5, 0.6) is 0 Å². The number of nitrogens with one attached hydrogen (secondary N) is 1. The normalized spacial score (nSPS) is 22.0. The van der Waals surface area contributed by atoms with Gasteiger partial charge in [-0.1, -0.05) is 0 Å². The van der Waals surface area contributed by atoms with Crippen LogP contribution < -0.4 is 5.32 Å². The summed E-state index contributed by atoms with van der Waals surface area (Å²) in [5, 5.41) is 3.15. The van der Waals surface area contributed by atoms with Crippen LogP contribution in [-0.2, 0) is 13.1 Å². The molecule has 1 saturated heterocycles. The highest BCUT2D eigenvalue weighted by Gasteiger charge is 2.31. The lowest BCUT2D eigenvalue weighted by Crippen LogP contribution is -2.46. The lowest BCUT2D eigenvalue weighted by atomic mass is 10.2. The molecule has 4 heteroatoms. The van der Waals surface area contributed by atoms with Crippen molar-refractivity contribution in [1.82, 2.24) is 15.1 Å². The molecule has 1 aliphatic heterocycles. The quantitative estimate of drug-likeness (QED) is 0.874. The zero-order chi connectivity index (χ0) is 13.2. The summed E-state index contributed by atoms with van der Waals surface area (Å²) in [4.78, 5) is 5.16. The molecule has 1 saturated carbocycles. The second-order valence-corrected chi connectivity index (χ2v) is 5.89. The van der Waals surface area contributed by atoms with E-state index in [9.17, 15) is 0 Å². The molecule has 106 valence electrons. The lowest BCUT2D eigenvalue weighted by Gasteiger charge is -2.34. The van der Waals surface area contributed by atoms with Crippen LogP contribution in [0.15, 0.2) is 10.5 Å². The van der Waals surface area contributed by atoms with Gasteiger partial charge in [-0.25, -0.2) is 0 Å². The van der Waals surface area contributed by atoms with Crippen LogP contribution in [0.25, 0.3) is 0 Å². The minimum Gasteiger partial charge on any atom is -0.463 e. The summed E-state index contributed by atoms with van der Waals surface area (Å²) in [6.45, 7) is 8.73. The van der Waals surface area contributed by atoms with Crippen molar-refractivity contribution in [3.8, 4) is 0 Å². The minimum absolute atomic E-state index is 0.821. The van der Waals surface area contributed by atoms with Gasteiger partial charge in [0.1, 0.15) is 11.5 Å². The molecule has 1 aromatic rings. The van der Waals surface area contributed by atoms with Crippen LogP contribution in [0.2, 0.25) is 0 Å². The monoisotopic (exact) mass is 263 g/mol. The fourth-order valence-electron chi connectivity index (χ4n) is 2.95. The summed E-state index contributed by atoms with van der Waals surface area (Å²) in [5.74, 6) is 2.19. The van der Waals surface area contributed by atoms with Gasteiger partial charge in [-0.05, 0) is 38.4 Å². The molecule has 1 N–H and O–H groups in total. The van der Waals surface area contributed by atoms with E-state index in [1.165, 1.54) is 44.6 Å². The van der Waals surface area contributed by atoms with Crippen molar-refractivity contribution in [1.29, 1.82) is 0 Å². The third kappa shape index (κ3) is 3.19. The Kier molecular flexibility index (Phi) is 3.91. The van der Waals surface area contributed by atoms with E-state index in [2.05, 4.69) is 28.1 Å². The molecule has 19 heavy (non-hydrogen) atoms. The van der Waals surface area contributed by atoms with Crippen LogP contribution in [0.4, 0.5) is 0 Å². The first-order chi connectivity index (χ1) is 9.26. The molecule has 2 fully saturated rings. The molecule has 1 aromatic heterocycles. The minimum atomic E-state index is 0.821. The van der Waals surface area contributed by atoms with Crippen molar-refractivity contribution in [3.05, 3.63) is 23.2 Å². The predicted molar refractivity (Wildman–Crippen MR) is 76.1 cm³/mol. The Morgan fingerprint density at radius 1 is 1.26 bits per heavy atom. The van der Waals surface area contributed by atoms with Gasteiger partial charge >= 0.3 is 0 Å². The van der Waals surface area contributed by atoms with Crippen LogP contribution in [0, 0.1) is 6.92 Å². The molecule has 2 heterocycles. The average molecular weight is 263 g/mol. The number of furan rings is 1. The van der Waals surface area contributed by atoms with Crippen LogP contribution in [0.1, 0.15) is 29.9 Å². The van der Waals surface area contributed by atoms with Gasteiger partial charge in [-0.2, -0.15) is 0 Å². The summed E-state index contributed by atoms with van der Waals surface area (Å²) in [6, 6.07) is 3.11. The fourth-order valence-corrected chi connectivity index (χ4v) is 2.95. The van der Waals surface area contributed by atoms with E-state index in [1.807, 2.05) is 7.05 Å². The Hall–Kier alpha value is -0.840. The van der Waals surface area contributed by atoms with Crippen molar-refractivity contribution in [2.24, 2.45) is 0 Å². The standard InChI is InChI=1S/C15H25N3O/c1-12-9-14(19-15(12)10-16-2)11-17-5-7-18(8-6-17)13-3-4-13/h9,13,16H,3-8,10-11H2,1-2H3. The Morgan fingerprint density at radius 3 is 2.63 bits per heavy atom. The number of rotatable bonds is 5. The molecule has 2 aliphatic rings. The third-order valence-corrected chi connectivity index (χ3v) is 4.26. The maximum atomic E-state index is 5.93. The molecule has 0 amide bonds. The van der Waals surface area contributed by atoms with Gasteiger partial charge in [-0.3, -0.25) is 9.80 Å². The number of nitrogens with zero attached hydrogens (tertiary/aromatic N) is 2. The Morgan fingerprint density at radius 2 is 2.00 bits per heavy atom. The van der Waals surface area contributed by atoms with Crippen LogP contribution in [-0.4, -0.2) is 49.1 Å². The van der Waals surface area contributed by atoms with Crippen molar-refractivity contribution in [2.75, 3.05) is 33.2 Å². The SMILES string of the molecule is CNCc1oc(CN2CCN(C3CC3)CC2)cc1C. The van der Waals surface area contributed by atoms with E-state index in [4.69, 9.17) is 4.42 Å². The van der Waals surface area contributed by atoms with Crippen molar-refractivity contribution < 1.29 is 4.42 Å². The molecule has 0 aromatic carbocycles. The van der Waals surface area contributed by atoms with Crippen LogP contribution >= 0.6 is 0 Å². The summed E-state index contributed by atoms with van der Waals surface area (Å²) in [6.07, 6.45) is 2.84. The summed E-state index contributed by atoms with van der Waals surface area (Å²) < 4.78 is 5.93. The second-order valence-electron chi connectivity index (χ2n) is 5.89. The average Bonchev–Trinajstić information content (AvgIpc) is 3.18. The Labute approximate surface area is 115 Å². The zero-order valence-corrected chi connectivity index (χ0v) is 12.1. The van der Waals surface area contributed by atoms with E-state index >= 15 is 0 Å². The molecule has 0 unspecified atom stereocenters. The van der Waals surface area contributed by atoms with Crippen molar-refractivity contribution in [2.45, 2.75) is 38.9 Å². The molecule has 4 nitrogen and oxygen atoms in total. The van der Waals surface area contributed by atoms with E-state index in [-0.39, 0.29) is 0 Å².